The Morgan fingerprint density at radius 1 is 1.30 bits per heavy atom. The average molecular weight is 295 g/mol. The molecule has 4 nitrogen and oxygen atoms in total. The number of hydrogen-bond donors (Lipinski definition) is 2. The molecule has 0 aromatic heterocycles. The predicted octanol–water partition coefficient (Wildman–Crippen LogP) is 3.32. The van der Waals surface area contributed by atoms with Crippen LogP contribution in [0.1, 0.15) is 10.4 Å². The van der Waals surface area contributed by atoms with Gasteiger partial charge in [-0.15, -0.1) is 0 Å². The third kappa shape index (κ3) is 3.00. The fourth-order valence-corrected chi connectivity index (χ4v) is 1.86. The molecule has 0 heterocycles. The quantitative estimate of drug-likeness (QED) is 0.854. The number of nitrogens with one attached hydrogen (secondary N) is 1. The highest BCUT2D eigenvalue weighted by atomic mass is 35.5. The Bertz CT molecular complexity index is 662. The zero-order valence-corrected chi connectivity index (χ0v) is 11.4. The largest absolute Gasteiger partial charge is 0.494 e. The van der Waals surface area contributed by atoms with Gasteiger partial charge in [0.05, 0.1) is 12.7 Å². The van der Waals surface area contributed by atoms with E-state index in [2.05, 4.69) is 5.32 Å². The second-order valence-corrected chi connectivity index (χ2v) is 4.47. The molecule has 6 heteroatoms. The van der Waals surface area contributed by atoms with Crippen LogP contribution in [0.15, 0.2) is 36.4 Å². The first kappa shape index (κ1) is 14.1. The number of rotatable bonds is 3. The number of nitrogen functional groups attached to an aromatic ring is 1. The Kier molecular flexibility index (Phi) is 4.10. The summed E-state index contributed by atoms with van der Waals surface area (Å²) in [4.78, 5) is 12.1. The van der Waals surface area contributed by atoms with Crippen molar-refractivity contribution in [1.29, 1.82) is 0 Å². The lowest BCUT2D eigenvalue weighted by Crippen LogP contribution is -2.14. The number of methoxy groups -OCH3 is 1. The van der Waals surface area contributed by atoms with Crippen molar-refractivity contribution in [3.05, 3.63) is 52.8 Å². The molecule has 20 heavy (non-hydrogen) atoms. The topological polar surface area (TPSA) is 64.3 Å². The second kappa shape index (κ2) is 5.79. The molecule has 0 aliphatic rings. The van der Waals surface area contributed by atoms with Gasteiger partial charge in [0, 0.05) is 22.5 Å². The van der Waals surface area contributed by atoms with Crippen LogP contribution in [-0.2, 0) is 0 Å². The molecule has 0 radical (unpaired) electrons. The summed E-state index contributed by atoms with van der Waals surface area (Å²) >= 11 is 5.77. The maximum atomic E-state index is 13.3. The van der Waals surface area contributed by atoms with E-state index in [-0.39, 0.29) is 17.0 Å². The van der Waals surface area contributed by atoms with Crippen LogP contribution in [0.3, 0.4) is 0 Å². The van der Waals surface area contributed by atoms with E-state index < -0.39 is 11.7 Å². The van der Waals surface area contributed by atoms with E-state index in [1.54, 1.807) is 6.07 Å². The molecule has 2 aromatic carbocycles. The minimum Gasteiger partial charge on any atom is -0.494 e. The van der Waals surface area contributed by atoms with E-state index in [1.165, 1.54) is 37.4 Å². The molecular weight excluding hydrogens is 283 g/mol. The Hall–Kier alpha value is -2.27. The minimum atomic E-state index is -0.503. The summed E-state index contributed by atoms with van der Waals surface area (Å²) in [6, 6.07) is 8.61. The molecule has 2 aromatic rings. The van der Waals surface area contributed by atoms with Crippen LogP contribution < -0.4 is 15.8 Å². The summed E-state index contributed by atoms with van der Waals surface area (Å²) in [5.41, 5.74) is 6.69. The maximum Gasteiger partial charge on any atom is 0.257 e. The van der Waals surface area contributed by atoms with Crippen molar-refractivity contribution in [1.82, 2.24) is 0 Å². The molecule has 0 saturated carbocycles. The SMILES string of the molecule is COc1cc(NC(=O)c2ccc(Cl)cc2N)ccc1F. The summed E-state index contributed by atoms with van der Waals surface area (Å²) in [7, 11) is 1.35. The third-order valence-corrected chi connectivity index (χ3v) is 2.90. The van der Waals surface area contributed by atoms with E-state index in [1.807, 2.05) is 0 Å². The van der Waals surface area contributed by atoms with Crippen LogP contribution in [0.2, 0.25) is 5.02 Å². The van der Waals surface area contributed by atoms with E-state index in [4.69, 9.17) is 22.1 Å². The number of hydrogen-bond acceptors (Lipinski definition) is 3. The molecule has 0 aliphatic carbocycles. The predicted molar refractivity (Wildman–Crippen MR) is 76.8 cm³/mol. The average Bonchev–Trinajstić information content (AvgIpc) is 2.40. The highest BCUT2D eigenvalue weighted by molar-refractivity contribution is 6.31. The van der Waals surface area contributed by atoms with Crippen molar-refractivity contribution < 1.29 is 13.9 Å². The maximum absolute atomic E-state index is 13.3. The zero-order valence-electron chi connectivity index (χ0n) is 10.6. The Labute approximate surface area is 120 Å². The van der Waals surface area contributed by atoms with Crippen LogP contribution in [0.4, 0.5) is 15.8 Å². The number of carbonyl (C=O) groups is 1. The Balaban J connectivity index is 2.23. The smallest absolute Gasteiger partial charge is 0.257 e. The molecule has 0 saturated heterocycles. The monoisotopic (exact) mass is 294 g/mol. The van der Waals surface area contributed by atoms with E-state index in [0.29, 0.717) is 10.7 Å². The van der Waals surface area contributed by atoms with Gasteiger partial charge in [-0.05, 0) is 30.3 Å². The molecule has 0 spiro atoms. The van der Waals surface area contributed by atoms with Crippen LogP contribution >= 0.6 is 11.6 Å². The van der Waals surface area contributed by atoms with E-state index >= 15 is 0 Å². The number of carbonyl (C=O) groups excluding carboxylic acids is 1. The molecule has 3 N–H and O–H groups in total. The van der Waals surface area contributed by atoms with Crippen molar-refractivity contribution in [3.63, 3.8) is 0 Å². The van der Waals surface area contributed by atoms with Gasteiger partial charge in [-0.2, -0.15) is 0 Å². The number of benzene rings is 2. The van der Waals surface area contributed by atoms with Gasteiger partial charge in [-0.1, -0.05) is 11.6 Å². The second-order valence-electron chi connectivity index (χ2n) is 4.04. The molecule has 0 bridgehead atoms. The van der Waals surface area contributed by atoms with Crippen LogP contribution in [-0.4, -0.2) is 13.0 Å². The van der Waals surface area contributed by atoms with Gasteiger partial charge < -0.3 is 15.8 Å². The number of amides is 1. The normalized spacial score (nSPS) is 10.2. The van der Waals surface area contributed by atoms with Crippen molar-refractivity contribution >= 4 is 28.9 Å². The highest BCUT2D eigenvalue weighted by Gasteiger charge is 2.11. The summed E-state index contributed by atoms with van der Waals surface area (Å²) in [5, 5.41) is 3.06. The fraction of sp³-hybridized carbons (Fsp3) is 0.0714. The molecule has 2 rings (SSSR count). The molecule has 0 atom stereocenters. The lowest BCUT2D eigenvalue weighted by molar-refractivity contribution is 0.102. The summed E-state index contributed by atoms with van der Waals surface area (Å²) < 4.78 is 18.1. The lowest BCUT2D eigenvalue weighted by Gasteiger charge is -2.09. The van der Waals surface area contributed by atoms with Crippen LogP contribution in [0, 0.1) is 5.82 Å². The van der Waals surface area contributed by atoms with Gasteiger partial charge in [0.1, 0.15) is 0 Å². The van der Waals surface area contributed by atoms with Gasteiger partial charge in [0.15, 0.2) is 11.6 Å². The number of anilines is 2. The molecule has 104 valence electrons. The molecule has 0 fully saturated rings. The van der Waals surface area contributed by atoms with E-state index in [9.17, 15) is 9.18 Å². The van der Waals surface area contributed by atoms with Crippen molar-refractivity contribution in [2.24, 2.45) is 0 Å². The fourth-order valence-electron chi connectivity index (χ4n) is 1.68. The van der Waals surface area contributed by atoms with Crippen LogP contribution in [0.25, 0.3) is 0 Å². The summed E-state index contributed by atoms with van der Waals surface area (Å²) in [6.45, 7) is 0. The summed E-state index contributed by atoms with van der Waals surface area (Å²) in [5.74, 6) is -0.865. The van der Waals surface area contributed by atoms with Crippen molar-refractivity contribution in [2.45, 2.75) is 0 Å². The minimum absolute atomic E-state index is 0.0480. The Morgan fingerprint density at radius 2 is 2.05 bits per heavy atom. The number of halogens is 2. The lowest BCUT2D eigenvalue weighted by atomic mass is 10.1. The van der Waals surface area contributed by atoms with Crippen molar-refractivity contribution in [2.75, 3.05) is 18.2 Å². The van der Waals surface area contributed by atoms with Gasteiger partial charge >= 0.3 is 0 Å². The van der Waals surface area contributed by atoms with Gasteiger partial charge in [-0.3, -0.25) is 4.79 Å². The molecular formula is C14H12ClFN2O2. The Morgan fingerprint density at radius 3 is 2.70 bits per heavy atom. The van der Waals surface area contributed by atoms with E-state index in [0.717, 1.165) is 0 Å². The first-order valence-corrected chi connectivity index (χ1v) is 6.09. The number of ether oxygens (including phenoxy) is 1. The van der Waals surface area contributed by atoms with Gasteiger partial charge in [0.25, 0.3) is 5.91 Å². The summed E-state index contributed by atoms with van der Waals surface area (Å²) in [6.07, 6.45) is 0. The molecule has 1 amide bonds. The zero-order chi connectivity index (χ0) is 14.7. The molecule has 0 unspecified atom stereocenters. The van der Waals surface area contributed by atoms with Gasteiger partial charge in [0.2, 0.25) is 0 Å². The first-order valence-electron chi connectivity index (χ1n) is 5.71. The third-order valence-electron chi connectivity index (χ3n) is 2.67. The number of nitrogens with two attached hydrogens (primary N) is 1. The van der Waals surface area contributed by atoms with Crippen molar-refractivity contribution in [3.8, 4) is 5.75 Å². The van der Waals surface area contributed by atoms with Crippen LogP contribution in [0.5, 0.6) is 5.75 Å². The molecule has 0 aliphatic heterocycles. The first-order chi connectivity index (χ1) is 9.51. The highest BCUT2D eigenvalue weighted by Crippen LogP contribution is 2.23. The standard InChI is InChI=1S/C14H12ClFN2O2/c1-20-13-7-9(3-5-11(13)16)18-14(19)10-4-2-8(15)6-12(10)17/h2-7H,17H2,1H3,(H,18,19). The van der Waals surface area contributed by atoms with Gasteiger partial charge in [-0.25, -0.2) is 4.39 Å².